The maximum absolute atomic E-state index is 10.8. The van der Waals surface area contributed by atoms with Gasteiger partial charge in [-0.05, 0) is 6.92 Å². The highest BCUT2D eigenvalue weighted by atomic mass is 16.6. The predicted molar refractivity (Wildman–Crippen MR) is 108 cm³/mol. The van der Waals surface area contributed by atoms with Crippen molar-refractivity contribution in [2.24, 2.45) is 5.41 Å². The second kappa shape index (κ2) is 15.9. The summed E-state index contributed by atoms with van der Waals surface area (Å²) >= 11 is 0. The Morgan fingerprint density at radius 3 is 1.52 bits per heavy atom. The fourth-order valence-corrected chi connectivity index (χ4v) is 1.38. The highest BCUT2D eigenvalue weighted by Gasteiger charge is 2.21. The van der Waals surface area contributed by atoms with Gasteiger partial charge in [-0.15, -0.1) is 0 Å². The van der Waals surface area contributed by atoms with Crippen molar-refractivity contribution in [3.63, 3.8) is 0 Å². The Morgan fingerprint density at radius 1 is 0.759 bits per heavy atom. The van der Waals surface area contributed by atoms with Gasteiger partial charge >= 0.3 is 23.9 Å². The molecule has 0 fully saturated rings. The summed E-state index contributed by atoms with van der Waals surface area (Å²) in [7, 11) is 0. The second-order valence-corrected chi connectivity index (χ2v) is 6.40. The molecule has 0 rings (SSSR count). The van der Waals surface area contributed by atoms with Crippen LogP contribution in [0.4, 0.5) is 0 Å². The zero-order valence-corrected chi connectivity index (χ0v) is 17.3. The van der Waals surface area contributed by atoms with E-state index in [1.807, 2.05) is 13.8 Å². The van der Waals surface area contributed by atoms with Gasteiger partial charge in [-0.1, -0.05) is 40.2 Å². The molecule has 0 radical (unpaired) electrons. The van der Waals surface area contributed by atoms with Crippen molar-refractivity contribution in [2.45, 2.75) is 33.3 Å². The molecule has 0 spiro atoms. The molecular formula is C21H30O8. The molecule has 0 bridgehead atoms. The Bertz CT molecular complexity index is 578. The van der Waals surface area contributed by atoms with Gasteiger partial charge in [0.25, 0.3) is 0 Å². The number of ether oxygens (including phenoxy) is 4. The lowest BCUT2D eigenvalue weighted by atomic mass is 9.96. The number of esters is 4. The van der Waals surface area contributed by atoms with Crippen LogP contribution >= 0.6 is 0 Å². The molecule has 0 N–H and O–H groups in total. The first-order chi connectivity index (χ1) is 13.5. The molecule has 29 heavy (non-hydrogen) atoms. The van der Waals surface area contributed by atoms with Crippen LogP contribution in [0.15, 0.2) is 50.6 Å². The molecule has 8 heteroatoms. The third kappa shape index (κ3) is 18.0. The third-order valence-electron chi connectivity index (χ3n) is 2.96. The van der Waals surface area contributed by atoms with Crippen LogP contribution in [0.2, 0.25) is 0 Å². The summed E-state index contributed by atoms with van der Waals surface area (Å²) in [4.78, 5) is 42.9. The van der Waals surface area contributed by atoms with Gasteiger partial charge in [0.2, 0.25) is 0 Å². The number of carbonyl (C=O) groups excluding carboxylic acids is 4. The summed E-state index contributed by atoms with van der Waals surface area (Å²) in [5.74, 6) is -1.93. The Morgan fingerprint density at radius 2 is 1.14 bits per heavy atom. The molecule has 0 saturated carbocycles. The molecule has 162 valence electrons. The summed E-state index contributed by atoms with van der Waals surface area (Å²) in [5, 5.41) is 0. The molecule has 1 unspecified atom stereocenters. The van der Waals surface area contributed by atoms with Crippen LogP contribution in [0, 0.1) is 5.41 Å². The van der Waals surface area contributed by atoms with Gasteiger partial charge in [0.1, 0.15) is 6.10 Å². The van der Waals surface area contributed by atoms with Crippen LogP contribution in [0.25, 0.3) is 0 Å². The van der Waals surface area contributed by atoms with E-state index in [1.54, 1.807) is 6.92 Å². The smallest absolute Gasteiger partial charge is 0.330 e. The zero-order valence-electron chi connectivity index (χ0n) is 17.3. The first kappa shape index (κ1) is 28.1. The topological polar surface area (TPSA) is 105 Å². The van der Waals surface area contributed by atoms with Crippen molar-refractivity contribution in [1.29, 1.82) is 0 Å². The van der Waals surface area contributed by atoms with Crippen molar-refractivity contribution in [2.75, 3.05) is 19.8 Å². The summed E-state index contributed by atoms with van der Waals surface area (Å²) in [5.41, 5.74) is -0.419. The molecule has 0 aromatic heterocycles. The predicted octanol–water partition coefficient (Wildman–Crippen LogP) is 2.69. The van der Waals surface area contributed by atoms with E-state index in [0.717, 1.165) is 24.3 Å². The maximum Gasteiger partial charge on any atom is 0.330 e. The van der Waals surface area contributed by atoms with Gasteiger partial charge < -0.3 is 18.9 Å². The van der Waals surface area contributed by atoms with Crippen molar-refractivity contribution in [3.8, 4) is 0 Å². The minimum Gasteiger partial charge on any atom is -0.462 e. The van der Waals surface area contributed by atoms with Gasteiger partial charge in [-0.2, -0.15) is 0 Å². The normalized spacial score (nSPS) is 10.7. The van der Waals surface area contributed by atoms with Crippen LogP contribution in [0.5, 0.6) is 0 Å². The number of hydrogen-bond donors (Lipinski definition) is 0. The molecular weight excluding hydrogens is 380 g/mol. The van der Waals surface area contributed by atoms with E-state index >= 15 is 0 Å². The SMILES string of the molecule is C=CC(=O)OCC(C)(C)COC(=O)C=C.C=CC(=O)OCCC(C)OC(=O)C=C. The fraction of sp³-hybridized carbons (Fsp3) is 0.429. The molecule has 1 atom stereocenters. The maximum atomic E-state index is 10.8. The quantitative estimate of drug-likeness (QED) is 0.275. The molecule has 8 nitrogen and oxygen atoms in total. The van der Waals surface area contributed by atoms with Crippen molar-refractivity contribution >= 4 is 23.9 Å². The molecule has 0 aliphatic heterocycles. The van der Waals surface area contributed by atoms with Crippen LogP contribution in [0.1, 0.15) is 27.2 Å². The van der Waals surface area contributed by atoms with E-state index in [9.17, 15) is 19.2 Å². The molecule has 0 aliphatic rings. The molecule has 0 saturated heterocycles. The fourth-order valence-electron chi connectivity index (χ4n) is 1.38. The van der Waals surface area contributed by atoms with Gasteiger partial charge in [0.05, 0.1) is 19.8 Å². The first-order valence-electron chi connectivity index (χ1n) is 8.72. The summed E-state index contributed by atoms with van der Waals surface area (Å²) in [6, 6.07) is 0. The summed E-state index contributed by atoms with van der Waals surface area (Å²) < 4.78 is 19.2. The molecule has 0 aromatic rings. The highest BCUT2D eigenvalue weighted by Crippen LogP contribution is 2.16. The van der Waals surface area contributed by atoms with Crippen LogP contribution in [0.3, 0.4) is 0 Å². The van der Waals surface area contributed by atoms with Crippen LogP contribution < -0.4 is 0 Å². The number of carbonyl (C=O) groups is 4. The van der Waals surface area contributed by atoms with E-state index in [4.69, 9.17) is 18.9 Å². The zero-order chi connectivity index (χ0) is 22.9. The van der Waals surface area contributed by atoms with E-state index < -0.39 is 29.3 Å². The standard InChI is InChI=1S/C11H16O4.C10H14O4/c1-5-9(12)14-7-11(3,4)8-15-10(13)6-2;1-4-9(11)13-7-6-8(3)14-10(12)5-2/h5-6H,1-2,7-8H2,3-4H3;4-5,8H,1-2,6-7H2,3H3. The molecule has 0 aliphatic carbocycles. The lowest BCUT2D eigenvalue weighted by Gasteiger charge is -2.22. The highest BCUT2D eigenvalue weighted by molar-refractivity contribution is 5.82. The summed E-state index contributed by atoms with van der Waals surface area (Å²) in [6.45, 7) is 19.0. The molecule has 0 heterocycles. The van der Waals surface area contributed by atoms with Gasteiger partial charge in [0.15, 0.2) is 0 Å². The van der Waals surface area contributed by atoms with Crippen molar-refractivity contribution in [1.82, 2.24) is 0 Å². The monoisotopic (exact) mass is 410 g/mol. The largest absolute Gasteiger partial charge is 0.462 e. The average molecular weight is 410 g/mol. The van der Waals surface area contributed by atoms with E-state index in [-0.39, 0.29) is 25.9 Å². The Kier molecular flexibility index (Phi) is 15.3. The van der Waals surface area contributed by atoms with E-state index in [0.29, 0.717) is 6.42 Å². The number of hydrogen-bond acceptors (Lipinski definition) is 8. The van der Waals surface area contributed by atoms with Crippen LogP contribution in [-0.2, 0) is 38.1 Å². The van der Waals surface area contributed by atoms with Gasteiger partial charge in [-0.3, -0.25) is 0 Å². The average Bonchev–Trinajstić information content (AvgIpc) is 2.70. The third-order valence-corrected chi connectivity index (χ3v) is 2.96. The Hall–Kier alpha value is -3.16. The minimum atomic E-state index is -0.488. The minimum absolute atomic E-state index is 0.169. The van der Waals surface area contributed by atoms with Crippen molar-refractivity contribution in [3.05, 3.63) is 50.6 Å². The summed E-state index contributed by atoms with van der Waals surface area (Å²) in [6.07, 6.45) is 4.52. The van der Waals surface area contributed by atoms with Crippen LogP contribution in [-0.4, -0.2) is 49.8 Å². The Labute approximate surface area is 171 Å². The lowest BCUT2D eigenvalue weighted by molar-refractivity contribution is -0.147. The molecule has 0 amide bonds. The lowest BCUT2D eigenvalue weighted by Crippen LogP contribution is -2.27. The first-order valence-corrected chi connectivity index (χ1v) is 8.72. The second-order valence-electron chi connectivity index (χ2n) is 6.40. The van der Waals surface area contributed by atoms with E-state index in [2.05, 4.69) is 26.3 Å². The van der Waals surface area contributed by atoms with Gasteiger partial charge in [0, 0.05) is 36.1 Å². The van der Waals surface area contributed by atoms with E-state index in [1.165, 1.54) is 0 Å². The Balaban J connectivity index is 0. The number of rotatable bonds is 12. The van der Waals surface area contributed by atoms with Gasteiger partial charge in [-0.25, -0.2) is 19.2 Å². The molecule has 0 aromatic carbocycles. The van der Waals surface area contributed by atoms with Crippen molar-refractivity contribution < 1.29 is 38.1 Å².